The minimum atomic E-state index is 0.486. The maximum Gasteiger partial charge on any atom is 0.107 e. The first-order chi connectivity index (χ1) is 3.91. The highest BCUT2D eigenvalue weighted by Gasteiger charge is 1.75. The molecule has 0 aromatic heterocycles. The highest BCUT2D eigenvalue weighted by atomic mass is 16.6. The Hall–Kier alpha value is -0.580. The van der Waals surface area contributed by atoms with Crippen LogP contribution in [0.3, 0.4) is 0 Å². The molecule has 0 aliphatic heterocycles. The molecule has 0 aliphatic carbocycles. The summed E-state index contributed by atoms with van der Waals surface area (Å²) in [4.78, 5) is 8.35. The third-order valence-corrected chi connectivity index (χ3v) is 0.577. The molecule has 0 atom stereocenters. The first-order valence-electron chi connectivity index (χ1n) is 2.24. The molecule has 0 aliphatic rings. The molecule has 4 nitrogen and oxygen atoms in total. The predicted octanol–water partition coefficient (Wildman–Crippen LogP) is -0.329. The molecule has 4 heteroatoms. The molecule has 0 spiro atoms. The summed E-state index contributed by atoms with van der Waals surface area (Å²) in [5, 5.41) is 0. The van der Waals surface area contributed by atoms with Gasteiger partial charge in [0.2, 0.25) is 0 Å². The summed E-state index contributed by atoms with van der Waals surface area (Å²) in [6.45, 7) is 0.486. The second-order valence-electron chi connectivity index (χ2n) is 1.17. The smallest absolute Gasteiger partial charge is 0.107 e. The topological polar surface area (TPSA) is 70.5 Å². The van der Waals surface area contributed by atoms with Gasteiger partial charge in [-0.25, -0.2) is 5.90 Å². The van der Waals surface area contributed by atoms with Gasteiger partial charge in [-0.1, -0.05) is 0 Å². The molecule has 0 bridgehead atoms. The van der Waals surface area contributed by atoms with Gasteiger partial charge in [-0.3, -0.25) is 0 Å². The van der Waals surface area contributed by atoms with Crippen LogP contribution in [-0.4, -0.2) is 6.61 Å². The molecule has 0 unspecified atom stereocenters. The van der Waals surface area contributed by atoms with Crippen molar-refractivity contribution in [1.82, 2.24) is 0 Å². The molecule has 0 heterocycles. The zero-order valence-corrected chi connectivity index (χ0v) is 4.54. The van der Waals surface area contributed by atoms with Crippen molar-refractivity contribution in [2.24, 2.45) is 11.8 Å². The van der Waals surface area contributed by atoms with E-state index >= 15 is 0 Å². The fourth-order valence-electron chi connectivity index (χ4n) is 0.260. The summed E-state index contributed by atoms with van der Waals surface area (Å²) in [5.74, 6) is 9.36. The third-order valence-electron chi connectivity index (χ3n) is 0.577. The Morgan fingerprint density at radius 2 is 2.12 bits per heavy atom. The Morgan fingerprint density at radius 1 is 1.38 bits per heavy atom. The van der Waals surface area contributed by atoms with Crippen molar-refractivity contribution >= 4 is 0 Å². The average molecular weight is 118 g/mol. The van der Waals surface area contributed by atoms with Crippen LogP contribution in [0.25, 0.3) is 0 Å². The zero-order chi connectivity index (χ0) is 6.24. The molecular formula is C4H10N2O2. The van der Waals surface area contributed by atoms with Gasteiger partial charge < -0.3 is 9.68 Å². The molecular weight excluding hydrogens is 108 g/mol. The van der Waals surface area contributed by atoms with Gasteiger partial charge in [0, 0.05) is 0 Å². The molecule has 0 radical (unpaired) electrons. The van der Waals surface area contributed by atoms with E-state index in [9.17, 15) is 0 Å². The molecule has 0 aromatic rings. The van der Waals surface area contributed by atoms with Crippen LogP contribution in [0.4, 0.5) is 0 Å². The van der Waals surface area contributed by atoms with Crippen LogP contribution >= 0.6 is 0 Å². The van der Waals surface area contributed by atoms with E-state index in [1.807, 2.05) is 0 Å². The summed E-state index contributed by atoms with van der Waals surface area (Å²) in [7, 11) is 0. The Kier molecular flexibility index (Phi) is 5.95. The highest BCUT2D eigenvalue weighted by Crippen LogP contribution is 1.79. The van der Waals surface area contributed by atoms with E-state index in [-0.39, 0.29) is 0 Å². The van der Waals surface area contributed by atoms with Crippen LogP contribution in [-0.2, 0) is 9.68 Å². The van der Waals surface area contributed by atoms with E-state index < -0.39 is 0 Å². The first-order valence-corrected chi connectivity index (χ1v) is 2.24. The van der Waals surface area contributed by atoms with Crippen LogP contribution in [0.2, 0.25) is 0 Å². The van der Waals surface area contributed by atoms with E-state index in [1.165, 1.54) is 6.26 Å². The SMILES string of the molecule is NO/C=C/CCON. The monoisotopic (exact) mass is 118 g/mol. The van der Waals surface area contributed by atoms with Gasteiger partial charge in [-0.2, -0.15) is 5.90 Å². The Morgan fingerprint density at radius 3 is 2.62 bits per heavy atom. The van der Waals surface area contributed by atoms with Crippen LogP contribution in [0.15, 0.2) is 12.3 Å². The standard InChI is InChI=1S/C4H10N2O2/c5-7-3-1-2-4-8-6/h1,3H,2,4-6H2/b3-1+. The maximum atomic E-state index is 4.70. The Balaban J connectivity index is 2.80. The van der Waals surface area contributed by atoms with Gasteiger partial charge in [-0.15, -0.1) is 0 Å². The lowest BCUT2D eigenvalue weighted by Gasteiger charge is -1.88. The number of rotatable bonds is 4. The molecule has 0 saturated carbocycles. The molecule has 0 amide bonds. The van der Waals surface area contributed by atoms with Crippen molar-refractivity contribution in [3.05, 3.63) is 12.3 Å². The second-order valence-corrected chi connectivity index (χ2v) is 1.17. The van der Waals surface area contributed by atoms with Crippen molar-refractivity contribution in [2.75, 3.05) is 6.61 Å². The summed E-state index contributed by atoms with van der Waals surface area (Å²) in [6.07, 6.45) is 3.81. The first kappa shape index (κ1) is 7.42. The lowest BCUT2D eigenvalue weighted by Crippen LogP contribution is -1.99. The maximum absolute atomic E-state index is 4.70. The molecule has 0 saturated heterocycles. The Bertz CT molecular complexity index is 65.1. The average Bonchev–Trinajstić information content (AvgIpc) is 1.81. The van der Waals surface area contributed by atoms with Crippen molar-refractivity contribution in [3.8, 4) is 0 Å². The summed E-state index contributed by atoms with van der Waals surface area (Å²) < 4.78 is 0. The Labute approximate surface area is 48.0 Å². The molecule has 0 fully saturated rings. The quantitative estimate of drug-likeness (QED) is 0.301. The fraction of sp³-hybridized carbons (Fsp3) is 0.500. The highest BCUT2D eigenvalue weighted by molar-refractivity contribution is 4.71. The van der Waals surface area contributed by atoms with Gasteiger partial charge >= 0.3 is 0 Å². The largest absolute Gasteiger partial charge is 0.420 e. The summed E-state index contributed by atoms with van der Waals surface area (Å²) in [6, 6.07) is 0. The zero-order valence-electron chi connectivity index (χ0n) is 4.54. The summed E-state index contributed by atoms with van der Waals surface area (Å²) in [5.41, 5.74) is 0. The molecule has 48 valence electrons. The van der Waals surface area contributed by atoms with E-state index in [0.29, 0.717) is 13.0 Å². The summed E-state index contributed by atoms with van der Waals surface area (Å²) >= 11 is 0. The number of hydrogen-bond acceptors (Lipinski definition) is 4. The predicted molar refractivity (Wildman–Crippen MR) is 29.2 cm³/mol. The van der Waals surface area contributed by atoms with E-state index in [2.05, 4.69) is 15.6 Å². The van der Waals surface area contributed by atoms with Gasteiger partial charge in [0.1, 0.15) is 6.26 Å². The number of hydrogen-bond donors (Lipinski definition) is 2. The van der Waals surface area contributed by atoms with Crippen LogP contribution < -0.4 is 11.8 Å². The minimum Gasteiger partial charge on any atom is -0.420 e. The van der Waals surface area contributed by atoms with Gasteiger partial charge in [0.15, 0.2) is 0 Å². The van der Waals surface area contributed by atoms with Crippen LogP contribution in [0.5, 0.6) is 0 Å². The van der Waals surface area contributed by atoms with Crippen LogP contribution in [0.1, 0.15) is 6.42 Å². The molecule has 0 rings (SSSR count). The van der Waals surface area contributed by atoms with Crippen molar-refractivity contribution in [1.29, 1.82) is 0 Å². The van der Waals surface area contributed by atoms with Gasteiger partial charge in [0.25, 0.3) is 0 Å². The fourth-order valence-corrected chi connectivity index (χ4v) is 0.260. The van der Waals surface area contributed by atoms with E-state index in [4.69, 9.17) is 5.90 Å². The van der Waals surface area contributed by atoms with Crippen molar-refractivity contribution < 1.29 is 9.68 Å². The van der Waals surface area contributed by atoms with E-state index in [1.54, 1.807) is 6.08 Å². The van der Waals surface area contributed by atoms with Crippen molar-refractivity contribution in [2.45, 2.75) is 6.42 Å². The minimum absolute atomic E-state index is 0.486. The second kappa shape index (κ2) is 6.42. The van der Waals surface area contributed by atoms with Crippen molar-refractivity contribution in [3.63, 3.8) is 0 Å². The molecule has 4 N–H and O–H groups in total. The van der Waals surface area contributed by atoms with E-state index in [0.717, 1.165) is 0 Å². The lowest BCUT2D eigenvalue weighted by atomic mass is 10.4. The normalized spacial score (nSPS) is 10.2. The van der Waals surface area contributed by atoms with Crippen LogP contribution in [0, 0.1) is 0 Å². The van der Waals surface area contributed by atoms with Gasteiger partial charge in [0.05, 0.1) is 6.61 Å². The third kappa shape index (κ3) is 5.42. The lowest BCUT2D eigenvalue weighted by molar-refractivity contribution is 0.142. The number of nitrogens with two attached hydrogens (primary N) is 2. The molecule has 0 aromatic carbocycles. The molecule has 8 heavy (non-hydrogen) atoms. The van der Waals surface area contributed by atoms with Gasteiger partial charge in [-0.05, 0) is 12.5 Å².